The van der Waals surface area contributed by atoms with E-state index < -0.39 is 0 Å². The standard InChI is InChI=1S/C20H23N3OS2/c1-12-6-8-14(9-7-12)15-10-25-18-16(15)19(22-11-21-18)26-13(2)17(24)23-20(3,4)5/h6-11,13H,1-5H3,(H,23,24)/t13-/m0/s1. The highest BCUT2D eigenvalue weighted by atomic mass is 32.2. The fourth-order valence-corrected chi connectivity index (χ4v) is 4.49. The van der Waals surface area contributed by atoms with Gasteiger partial charge in [-0.2, -0.15) is 0 Å². The van der Waals surface area contributed by atoms with Crippen LogP contribution in [0.3, 0.4) is 0 Å². The molecular formula is C20H23N3OS2. The van der Waals surface area contributed by atoms with Crippen LogP contribution in [0.5, 0.6) is 0 Å². The minimum absolute atomic E-state index is 0.0152. The van der Waals surface area contributed by atoms with Gasteiger partial charge in [-0.25, -0.2) is 9.97 Å². The van der Waals surface area contributed by atoms with Crippen molar-refractivity contribution >= 4 is 39.2 Å². The van der Waals surface area contributed by atoms with Crippen molar-refractivity contribution in [2.45, 2.75) is 50.4 Å². The zero-order chi connectivity index (χ0) is 18.9. The Balaban J connectivity index is 1.95. The molecule has 3 rings (SSSR count). The lowest BCUT2D eigenvalue weighted by atomic mass is 10.1. The first kappa shape index (κ1) is 18.9. The Bertz CT molecular complexity index is 926. The Kier molecular flexibility index (Phi) is 5.34. The molecule has 1 amide bonds. The maximum atomic E-state index is 12.5. The first-order valence-corrected chi connectivity index (χ1v) is 10.3. The number of thioether (sulfide) groups is 1. The number of hydrogen-bond acceptors (Lipinski definition) is 5. The maximum absolute atomic E-state index is 12.5. The molecule has 0 radical (unpaired) electrons. The number of amides is 1. The number of thiophene rings is 1. The summed E-state index contributed by atoms with van der Waals surface area (Å²) in [7, 11) is 0. The van der Waals surface area contributed by atoms with Crippen molar-refractivity contribution in [2.75, 3.05) is 0 Å². The average Bonchev–Trinajstić information content (AvgIpc) is 2.99. The van der Waals surface area contributed by atoms with E-state index in [0.29, 0.717) is 0 Å². The summed E-state index contributed by atoms with van der Waals surface area (Å²) in [4.78, 5) is 22.3. The van der Waals surface area contributed by atoms with Gasteiger partial charge in [-0.1, -0.05) is 41.6 Å². The lowest BCUT2D eigenvalue weighted by Crippen LogP contribution is -2.44. The van der Waals surface area contributed by atoms with E-state index in [9.17, 15) is 4.79 Å². The van der Waals surface area contributed by atoms with E-state index in [1.165, 1.54) is 17.3 Å². The normalized spacial score (nSPS) is 13.0. The van der Waals surface area contributed by atoms with Gasteiger partial charge < -0.3 is 5.32 Å². The summed E-state index contributed by atoms with van der Waals surface area (Å²) in [5.74, 6) is 0.0152. The van der Waals surface area contributed by atoms with Crippen LogP contribution < -0.4 is 5.32 Å². The molecule has 0 aliphatic carbocycles. The van der Waals surface area contributed by atoms with Crippen LogP contribution in [-0.2, 0) is 4.79 Å². The second-order valence-electron chi connectivity index (χ2n) is 7.37. The van der Waals surface area contributed by atoms with Crippen LogP contribution in [0.25, 0.3) is 21.3 Å². The molecule has 0 bridgehead atoms. The average molecular weight is 386 g/mol. The number of carbonyl (C=O) groups is 1. The zero-order valence-corrected chi connectivity index (χ0v) is 17.3. The summed E-state index contributed by atoms with van der Waals surface area (Å²) in [6, 6.07) is 8.45. The van der Waals surface area contributed by atoms with E-state index in [1.54, 1.807) is 17.7 Å². The summed E-state index contributed by atoms with van der Waals surface area (Å²) in [6.45, 7) is 9.95. The number of hydrogen-bond donors (Lipinski definition) is 1. The molecule has 0 aliphatic rings. The van der Waals surface area contributed by atoms with E-state index in [0.717, 1.165) is 26.4 Å². The summed E-state index contributed by atoms with van der Waals surface area (Å²) in [6.07, 6.45) is 1.58. The predicted molar refractivity (Wildman–Crippen MR) is 111 cm³/mol. The lowest BCUT2D eigenvalue weighted by molar-refractivity contribution is -0.121. The molecule has 1 N–H and O–H groups in total. The number of carbonyl (C=O) groups excluding carboxylic acids is 1. The largest absolute Gasteiger partial charge is 0.351 e. The molecule has 0 saturated carbocycles. The Hall–Kier alpha value is -1.92. The van der Waals surface area contributed by atoms with Crippen molar-refractivity contribution in [3.05, 3.63) is 41.5 Å². The van der Waals surface area contributed by atoms with Gasteiger partial charge in [0.2, 0.25) is 5.91 Å². The molecule has 0 saturated heterocycles. The third-order valence-electron chi connectivity index (χ3n) is 3.85. The highest BCUT2D eigenvalue weighted by molar-refractivity contribution is 8.00. The first-order chi connectivity index (χ1) is 12.2. The van der Waals surface area contributed by atoms with Gasteiger partial charge in [0.05, 0.1) is 10.6 Å². The van der Waals surface area contributed by atoms with E-state index in [2.05, 4.69) is 51.9 Å². The smallest absolute Gasteiger partial charge is 0.233 e. The van der Waals surface area contributed by atoms with Crippen LogP contribution >= 0.6 is 23.1 Å². The second-order valence-corrected chi connectivity index (χ2v) is 9.56. The molecule has 0 fully saturated rings. The van der Waals surface area contributed by atoms with E-state index in [-0.39, 0.29) is 16.7 Å². The molecule has 1 atom stereocenters. The quantitative estimate of drug-likeness (QED) is 0.504. The van der Waals surface area contributed by atoms with E-state index >= 15 is 0 Å². The van der Waals surface area contributed by atoms with Crippen molar-refractivity contribution in [3.63, 3.8) is 0 Å². The molecule has 2 heterocycles. The lowest BCUT2D eigenvalue weighted by Gasteiger charge is -2.23. The van der Waals surface area contributed by atoms with Gasteiger partial charge in [-0.15, -0.1) is 11.3 Å². The molecule has 4 nitrogen and oxygen atoms in total. The minimum atomic E-state index is -0.248. The fraction of sp³-hybridized carbons (Fsp3) is 0.350. The Morgan fingerprint density at radius 2 is 1.88 bits per heavy atom. The Labute approximate surface area is 162 Å². The zero-order valence-electron chi connectivity index (χ0n) is 15.7. The van der Waals surface area contributed by atoms with Crippen LogP contribution in [0, 0.1) is 6.92 Å². The molecule has 26 heavy (non-hydrogen) atoms. The van der Waals surface area contributed by atoms with E-state index in [4.69, 9.17) is 0 Å². The van der Waals surface area contributed by atoms with Gasteiger partial charge in [0.15, 0.2) is 0 Å². The molecule has 1 aromatic carbocycles. The van der Waals surface area contributed by atoms with Crippen molar-refractivity contribution in [1.82, 2.24) is 15.3 Å². The molecule has 2 aromatic heterocycles. The van der Waals surface area contributed by atoms with E-state index in [1.807, 2.05) is 27.7 Å². The predicted octanol–water partition coefficient (Wildman–Crippen LogP) is 5.06. The maximum Gasteiger partial charge on any atom is 0.233 e. The number of nitrogens with one attached hydrogen (secondary N) is 1. The van der Waals surface area contributed by atoms with Gasteiger partial charge in [0.25, 0.3) is 0 Å². The summed E-state index contributed by atoms with van der Waals surface area (Å²) < 4.78 is 0. The molecule has 6 heteroatoms. The van der Waals surface area contributed by atoms with Crippen LogP contribution in [0.1, 0.15) is 33.3 Å². The fourth-order valence-electron chi connectivity index (χ4n) is 2.57. The molecule has 3 aromatic rings. The van der Waals surface area contributed by atoms with Crippen LogP contribution in [0.4, 0.5) is 0 Å². The topological polar surface area (TPSA) is 54.9 Å². The monoisotopic (exact) mass is 385 g/mol. The molecular weight excluding hydrogens is 362 g/mol. The van der Waals surface area contributed by atoms with Crippen LogP contribution in [0.2, 0.25) is 0 Å². The molecule has 136 valence electrons. The number of benzene rings is 1. The van der Waals surface area contributed by atoms with Crippen molar-refractivity contribution in [3.8, 4) is 11.1 Å². The second kappa shape index (κ2) is 7.37. The van der Waals surface area contributed by atoms with Crippen molar-refractivity contribution in [2.24, 2.45) is 0 Å². The SMILES string of the molecule is Cc1ccc(-c2csc3ncnc(S[C@@H](C)C(=O)NC(C)(C)C)c23)cc1. The number of aryl methyl sites for hydroxylation is 1. The van der Waals surface area contributed by atoms with Gasteiger partial charge in [-0.3, -0.25) is 4.79 Å². The molecule has 0 aliphatic heterocycles. The number of aromatic nitrogens is 2. The highest BCUT2D eigenvalue weighted by Crippen LogP contribution is 2.39. The van der Waals surface area contributed by atoms with Gasteiger partial charge in [-0.05, 0) is 40.2 Å². The van der Waals surface area contributed by atoms with Gasteiger partial charge in [0, 0.05) is 16.5 Å². The number of nitrogens with zero attached hydrogens (tertiary/aromatic N) is 2. The molecule has 0 unspecified atom stereocenters. The molecule has 0 spiro atoms. The van der Waals surface area contributed by atoms with Gasteiger partial charge >= 0.3 is 0 Å². The Morgan fingerprint density at radius 1 is 1.19 bits per heavy atom. The summed E-state index contributed by atoms with van der Waals surface area (Å²) in [5.41, 5.74) is 3.25. The van der Waals surface area contributed by atoms with Gasteiger partial charge in [0.1, 0.15) is 16.2 Å². The Morgan fingerprint density at radius 3 is 2.54 bits per heavy atom. The van der Waals surface area contributed by atoms with Crippen molar-refractivity contribution in [1.29, 1.82) is 0 Å². The third-order valence-corrected chi connectivity index (χ3v) is 5.84. The highest BCUT2D eigenvalue weighted by Gasteiger charge is 2.22. The number of rotatable bonds is 4. The van der Waals surface area contributed by atoms with Crippen LogP contribution in [0.15, 0.2) is 41.0 Å². The number of fused-ring (bicyclic) bond motifs is 1. The van der Waals surface area contributed by atoms with Crippen molar-refractivity contribution < 1.29 is 4.79 Å². The summed E-state index contributed by atoms with van der Waals surface area (Å²) >= 11 is 3.09. The third kappa shape index (κ3) is 4.24. The summed E-state index contributed by atoms with van der Waals surface area (Å²) in [5, 5.41) is 6.79. The first-order valence-electron chi connectivity index (χ1n) is 8.52. The minimum Gasteiger partial charge on any atom is -0.351 e. The van der Waals surface area contributed by atoms with Crippen LogP contribution in [-0.4, -0.2) is 26.7 Å².